The van der Waals surface area contributed by atoms with Gasteiger partial charge >= 0.3 is 0 Å². The van der Waals surface area contributed by atoms with E-state index in [-0.39, 0.29) is 5.92 Å². The molecule has 0 radical (unpaired) electrons. The Morgan fingerprint density at radius 3 is 1.65 bits per heavy atom. The molecule has 0 saturated carbocycles. The van der Waals surface area contributed by atoms with Gasteiger partial charge in [0.2, 0.25) is 0 Å². The van der Waals surface area contributed by atoms with Crippen LogP contribution in [0.15, 0.2) is 169 Å². The van der Waals surface area contributed by atoms with Crippen LogP contribution in [-0.4, -0.2) is 31.2 Å². The molecule has 8 aromatic rings. The van der Waals surface area contributed by atoms with E-state index in [9.17, 15) is 0 Å². The molecule has 0 spiro atoms. The summed E-state index contributed by atoms with van der Waals surface area (Å²) in [7, 11) is 0. The highest BCUT2D eigenvalue weighted by Crippen LogP contribution is 2.50. The Kier molecular flexibility index (Phi) is 7.70. The van der Waals surface area contributed by atoms with E-state index in [1.807, 2.05) is 60.7 Å². The van der Waals surface area contributed by atoms with Gasteiger partial charge in [-0.1, -0.05) is 158 Å². The molecule has 6 aromatic carbocycles. The largest absolute Gasteiger partial charge is 0.273 e. The van der Waals surface area contributed by atoms with E-state index in [0.29, 0.717) is 17.5 Å². The number of hydrogen-bond acceptors (Lipinski definition) is 5. The molecular formula is C50H37N5. The van der Waals surface area contributed by atoms with Crippen molar-refractivity contribution in [2.75, 3.05) is 0 Å². The number of aryl methyl sites for hydroxylation is 2. The summed E-state index contributed by atoms with van der Waals surface area (Å²) in [6, 6.07) is 47.9. The number of pyridine rings is 1. The fourth-order valence-electron chi connectivity index (χ4n) is 8.57. The lowest BCUT2D eigenvalue weighted by Gasteiger charge is -2.40. The van der Waals surface area contributed by atoms with Crippen molar-refractivity contribution < 1.29 is 0 Å². The van der Waals surface area contributed by atoms with Crippen molar-refractivity contribution in [2.24, 2.45) is 4.99 Å². The number of nitrogens with zero attached hydrogens (tertiary/aromatic N) is 5. The van der Waals surface area contributed by atoms with Crippen molar-refractivity contribution in [3.8, 4) is 45.4 Å². The fourth-order valence-corrected chi connectivity index (χ4v) is 8.57. The lowest BCUT2D eigenvalue weighted by molar-refractivity contribution is 0.513. The SMILES string of the molecule is Cc1c2c(c(C)c3c1c(-c1ccccc1)nc1cc(-c4nc(-c5ccccc5)nc(-c5ccccc5)n4)ccc13)C(c1ccccc1)=NC1(C)C=CC=CC21. The number of hydrogen-bond donors (Lipinski definition) is 0. The molecule has 55 heavy (non-hydrogen) atoms. The van der Waals surface area contributed by atoms with Crippen molar-refractivity contribution in [3.63, 3.8) is 0 Å². The molecule has 10 rings (SSSR count). The second-order valence-corrected chi connectivity index (χ2v) is 14.7. The molecule has 0 N–H and O–H groups in total. The predicted molar refractivity (Wildman–Crippen MR) is 225 cm³/mol. The number of fused-ring (bicyclic) bond motifs is 6. The molecule has 1 aliphatic heterocycles. The molecule has 0 saturated heterocycles. The minimum atomic E-state index is -0.411. The molecule has 3 heterocycles. The monoisotopic (exact) mass is 707 g/mol. The van der Waals surface area contributed by atoms with Gasteiger partial charge in [-0.15, -0.1) is 0 Å². The van der Waals surface area contributed by atoms with Gasteiger partial charge in [-0.05, 0) is 48.9 Å². The van der Waals surface area contributed by atoms with E-state index in [4.69, 9.17) is 24.9 Å². The molecular weight excluding hydrogens is 671 g/mol. The standard InChI is InChI=1S/C50H37N5/c1-31-41-38-28-27-37(49-53-47(35-22-12-6-13-23-35)52-48(54-49)36-24-14-7-15-25-36)30-40(38)51-45(33-18-8-4-9-19-33)43(41)32(2)42-39-26-16-17-29-50(39,3)55-46(44(31)42)34-20-10-5-11-21-34/h4-30,39H,1-3H3. The first-order chi connectivity index (χ1) is 27.0. The lowest BCUT2D eigenvalue weighted by Crippen LogP contribution is -2.37. The van der Waals surface area contributed by atoms with Gasteiger partial charge in [-0.3, -0.25) is 4.99 Å². The number of rotatable bonds is 5. The van der Waals surface area contributed by atoms with E-state index in [2.05, 4.69) is 124 Å². The van der Waals surface area contributed by atoms with Gasteiger partial charge < -0.3 is 0 Å². The van der Waals surface area contributed by atoms with Crippen molar-refractivity contribution >= 4 is 27.4 Å². The Morgan fingerprint density at radius 2 is 1.05 bits per heavy atom. The Hall–Kier alpha value is -6.85. The average molecular weight is 708 g/mol. The van der Waals surface area contributed by atoms with Crippen LogP contribution in [0.1, 0.15) is 40.7 Å². The maximum atomic E-state index is 5.58. The van der Waals surface area contributed by atoms with Crippen LogP contribution in [0, 0.1) is 13.8 Å². The van der Waals surface area contributed by atoms with Gasteiger partial charge in [0.1, 0.15) is 0 Å². The van der Waals surface area contributed by atoms with E-state index in [1.165, 1.54) is 33.0 Å². The maximum Gasteiger partial charge on any atom is 0.164 e. The molecule has 5 heteroatoms. The van der Waals surface area contributed by atoms with Gasteiger partial charge in [-0.25, -0.2) is 19.9 Å². The zero-order chi connectivity index (χ0) is 37.1. The Labute approximate surface area is 320 Å². The average Bonchev–Trinajstić information content (AvgIpc) is 3.25. The van der Waals surface area contributed by atoms with Crippen LogP contribution < -0.4 is 0 Å². The van der Waals surface area contributed by atoms with E-state index < -0.39 is 5.54 Å². The molecule has 0 amide bonds. The molecule has 2 atom stereocenters. The quantitative estimate of drug-likeness (QED) is 0.167. The topological polar surface area (TPSA) is 63.9 Å². The van der Waals surface area contributed by atoms with Crippen molar-refractivity contribution in [1.82, 2.24) is 19.9 Å². The summed E-state index contributed by atoms with van der Waals surface area (Å²) in [5.74, 6) is 1.95. The molecule has 2 aliphatic rings. The molecule has 262 valence electrons. The lowest BCUT2D eigenvalue weighted by atomic mass is 9.69. The van der Waals surface area contributed by atoms with Gasteiger partial charge in [-0.2, -0.15) is 0 Å². The Morgan fingerprint density at radius 1 is 0.509 bits per heavy atom. The van der Waals surface area contributed by atoms with Crippen LogP contribution in [0.25, 0.3) is 67.1 Å². The molecule has 5 nitrogen and oxygen atoms in total. The van der Waals surface area contributed by atoms with Gasteiger partial charge in [0.25, 0.3) is 0 Å². The maximum absolute atomic E-state index is 5.58. The number of aromatic nitrogens is 4. The summed E-state index contributed by atoms with van der Waals surface area (Å²) in [5.41, 5.74) is 12.4. The van der Waals surface area contributed by atoms with Crippen LogP contribution in [0.2, 0.25) is 0 Å². The van der Waals surface area contributed by atoms with Gasteiger partial charge in [0.15, 0.2) is 17.5 Å². The highest BCUT2D eigenvalue weighted by atomic mass is 15.0. The fraction of sp³-hybridized carbons (Fsp3) is 0.100. The second-order valence-electron chi connectivity index (χ2n) is 14.7. The summed E-state index contributed by atoms with van der Waals surface area (Å²) in [4.78, 5) is 26.1. The Bertz CT molecular complexity index is 2820. The number of allylic oxidation sites excluding steroid dienone is 2. The molecule has 2 unspecified atom stereocenters. The third-order valence-corrected chi connectivity index (χ3v) is 11.2. The zero-order valence-electron chi connectivity index (χ0n) is 30.9. The van der Waals surface area contributed by atoms with Crippen LogP contribution >= 0.6 is 0 Å². The first kappa shape index (κ1) is 32.8. The number of aliphatic imine (C=N–C) groups is 1. The minimum Gasteiger partial charge on any atom is -0.273 e. The third kappa shape index (κ3) is 5.42. The first-order valence-corrected chi connectivity index (χ1v) is 18.8. The summed E-state index contributed by atoms with van der Waals surface area (Å²) in [6.45, 7) is 6.82. The van der Waals surface area contributed by atoms with Crippen LogP contribution in [-0.2, 0) is 0 Å². The van der Waals surface area contributed by atoms with E-state index >= 15 is 0 Å². The second kappa shape index (κ2) is 12.9. The van der Waals surface area contributed by atoms with Crippen LogP contribution in [0.3, 0.4) is 0 Å². The summed E-state index contributed by atoms with van der Waals surface area (Å²) in [5, 5.41) is 3.46. The van der Waals surface area contributed by atoms with Gasteiger partial charge in [0.05, 0.1) is 22.5 Å². The van der Waals surface area contributed by atoms with Gasteiger partial charge in [0, 0.05) is 50.1 Å². The molecule has 0 fully saturated rings. The van der Waals surface area contributed by atoms with E-state index in [1.54, 1.807) is 0 Å². The van der Waals surface area contributed by atoms with E-state index in [0.717, 1.165) is 50.1 Å². The van der Waals surface area contributed by atoms with Crippen molar-refractivity contribution in [3.05, 3.63) is 192 Å². The highest BCUT2D eigenvalue weighted by Gasteiger charge is 2.41. The molecule has 1 aliphatic carbocycles. The first-order valence-electron chi connectivity index (χ1n) is 18.8. The van der Waals surface area contributed by atoms with Crippen molar-refractivity contribution in [1.29, 1.82) is 0 Å². The zero-order valence-corrected chi connectivity index (χ0v) is 30.9. The van der Waals surface area contributed by atoms with Crippen molar-refractivity contribution in [2.45, 2.75) is 32.2 Å². The summed E-state index contributed by atoms with van der Waals surface area (Å²) >= 11 is 0. The highest BCUT2D eigenvalue weighted by molar-refractivity contribution is 6.22. The molecule has 2 aromatic heterocycles. The Balaban J connectivity index is 1.27. The summed E-state index contributed by atoms with van der Waals surface area (Å²) < 4.78 is 0. The predicted octanol–water partition coefficient (Wildman–Crippen LogP) is 11.7. The normalized spacial score (nSPS) is 17.2. The summed E-state index contributed by atoms with van der Waals surface area (Å²) in [6.07, 6.45) is 8.89. The smallest absolute Gasteiger partial charge is 0.164 e. The number of benzene rings is 6. The molecule has 0 bridgehead atoms. The van der Waals surface area contributed by atoms with Crippen LogP contribution in [0.5, 0.6) is 0 Å². The third-order valence-electron chi connectivity index (χ3n) is 11.2. The minimum absolute atomic E-state index is 0.0891. The van der Waals surface area contributed by atoms with Crippen LogP contribution in [0.4, 0.5) is 0 Å².